The molecule has 0 amide bonds. The topological polar surface area (TPSA) is 90.9 Å². The zero-order valence-corrected chi connectivity index (χ0v) is 9.79. The van der Waals surface area contributed by atoms with E-state index in [1.165, 1.54) is 17.3 Å². The van der Waals surface area contributed by atoms with Gasteiger partial charge in [-0.3, -0.25) is 0 Å². The molecular formula is C10H12N4O2S. The van der Waals surface area contributed by atoms with Gasteiger partial charge in [-0.25, -0.2) is 23.2 Å². The van der Waals surface area contributed by atoms with E-state index in [1.54, 1.807) is 0 Å². The molecule has 1 heterocycles. The Labute approximate surface area is 99.1 Å². The third-order valence-corrected chi connectivity index (χ3v) is 3.11. The first-order chi connectivity index (χ1) is 8.06. The zero-order valence-electron chi connectivity index (χ0n) is 8.97. The molecule has 0 aliphatic heterocycles. The number of sulfonamides is 1. The molecular weight excluding hydrogens is 240 g/mol. The van der Waals surface area contributed by atoms with Crippen molar-refractivity contribution in [1.29, 1.82) is 0 Å². The predicted octanol–water partition coefficient (Wildman–Crippen LogP) is 0.156. The van der Waals surface area contributed by atoms with Crippen LogP contribution in [0.15, 0.2) is 43.0 Å². The number of hydrogen-bond donors (Lipinski definition) is 1. The minimum absolute atomic E-state index is 0.208. The van der Waals surface area contributed by atoms with Crippen LogP contribution in [-0.4, -0.2) is 28.9 Å². The van der Waals surface area contributed by atoms with Gasteiger partial charge in [-0.15, -0.1) is 0 Å². The van der Waals surface area contributed by atoms with Crippen LogP contribution < -0.4 is 5.14 Å². The number of aromatic nitrogens is 3. The van der Waals surface area contributed by atoms with Crippen molar-refractivity contribution in [3.05, 3.63) is 48.5 Å². The lowest BCUT2D eigenvalue weighted by Crippen LogP contribution is -2.26. The van der Waals surface area contributed by atoms with Crippen LogP contribution in [0.3, 0.4) is 0 Å². The lowest BCUT2D eigenvalue weighted by molar-refractivity contribution is 0.541. The summed E-state index contributed by atoms with van der Waals surface area (Å²) in [4.78, 5) is 3.81. The summed E-state index contributed by atoms with van der Waals surface area (Å²) in [5.41, 5.74) is 0.826. The molecule has 1 aromatic heterocycles. The smallest absolute Gasteiger partial charge is 0.211 e. The molecule has 0 aliphatic carbocycles. The van der Waals surface area contributed by atoms with Gasteiger partial charge in [-0.2, -0.15) is 5.10 Å². The second kappa shape index (κ2) is 4.64. The van der Waals surface area contributed by atoms with E-state index in [0.29, 0.717) is 0 Å². The number of nitrogens with two attached hydrogens (primary N) is 1. The van der Waals surface area contributed by atoms with Gasteiger partial charge in [0.15, 0.2) is 0 Å². The van der Waals surface area contributed by atoms with Crippen molar-refractivity contribution in [1.82, 2.24) is 14.8 Å². The molecule has 0 fully saturated rings. The minimum atomic E-state index is -3.59. The Morgan fingerprint density at radius 2 is 2.00 bits per heavy atom. The molecule has 2 N–H and O–H groups in total. The maximum Gasteiger partial charge on any atom is 0.211 e. The van der Waals surface area contributed by atoms with Crippen molar-refractivity contribution >= 4 is 10.0 Å². The molecule has 1 aromatic carbocycles. The molecule has 0 saturated heterocycles. The summed E-state index contributed by atoms with van der Waals surface area (Å²) >= 11 is 0. The van der Waals surface area contributed by atoms with Crippen molar-refractivity contribution in [2.75, 3.05) is 5.75 Å². The van der Waals surface area contributed by atoms with E-state index in [0.717, 1.165) is 5.56 Å². The maximum absolute atomic E-state index is 11.2. The van der Waals surface area contributed by atoms with E-state index in [-0.39, 0.29) is 5.75 Å². The molecule has 0 aliphatic rings. The van der Waals surface area contributed by atoms with Gasteiger partial charge in [0.2, 0.25) is 10.0 Å². The quantitative estimate of drug-likeness (QED) is 0.838. The molecule has 2 rings (SSSR count). The summed E-state index contributed by atoms with van der Waals surface area (Å²) in [5, 5.41) is 9.05. The molecule has 17 heavy (non-hydrogen) atoms. The van der Waals surface area contributed by atoms with Gasteiger partial charge in [-0.1, -0.05) is 30.3 Å². The van der Waals surface area contributed by atoms with Crippen LogP contribution in [0.25, 0.3) is 0 Å². The summed E-state index contributed by atoms with van der Waals surface area (Å²) in [6, 6.07) is 8.74. The Morgan fingerprint density at radius 3 is 2.53 bits per heavy atom. The molecule has 7 heteroatoms. The van der Waals surface area contributed by atoms with Crippen molar-refractivity contribution in [2.45, 2.75) is 6.04 Å². The number of hydrogen-bond acceptors (Lipinski definition) is 4. The SMILES string of the molecule is NS(=O)(=O)CC(c1ccccc1)n1cncn1. The zero-order chi connectivity index (χ0) is 12.3. The molecule has 0 saturated carbocycles. The van der Waals surface area contributed by atoms with Crippen LogP contribution in [0.2, 0.25) is 0 Å². The van der Waals surface area contributed by atoms with Crippen LogP contribution >= 0.6 is 0 Å². The third-order valence-electron chi connectivity index (χ3n) is 2.33. The second-order valence-corrected chi connectivity index (χ2v) is 5.29. The van der Waals surface area contributed by atoms with Crippen LogP contribution in [0.4, 0.5) is 0 Å². The standard InChI is InChI=1S/C10H12N4O2S/c11-17(15,16)6-10(14-8-12-7-13-14)9-4-2-1-3-5-9/h1-5,7-8,10H,6H2,(H2,11,15,16). The fraction of sp³-hybridized carbons (Fsp3) is 0.200. The fourth-order valence-corrected chi connectivity index (χ4v) is 2.38. The molecule has 6 nitrogen and oxygen atoms in total. The summed E-state index contributed by atoms with van der Waals surface area (Å²) in [7, 11) is -3.59. The highest BCUT2D eigenvalue weighted by atomic mass is 32.2. The lowest BCUT2D eigenvalue weighted by atomic mass is 10.1. The fourth-order valence-electron chi connectivity index (χ4n) is 1.60. The Bertz CT molecular complexity index is 566. The van der Waals surface area contributed by atoms with E-state index in [1.807, 2.05) is 30.3 Å². The highest BCUT2D eigenvalue weighted by Crippen LogP contribution is 2.17. The van der Waals surface area contributed by atoms with E-state index in [2.05, 4.69) is 10.1 Å². The normalized spacial score (nSPS) is 13.5. The van der Waals surface area contributed by atoms with E-state index >= 15 is 0 Å². The van der Waals surface area contributed by atoms with Gasteiger partial charge >= 0.3 is 0 Å². The van der Waals surface area contributed by atoms with Crippen LogP contribution in [-0.2, 0) is 10.0 Å². The molecule has 0 bridgehead atoms. The number of benzene rings is 1. The Balaban J connectivity index is 2.38. The van der Waals surface area contributed by atoms with E-state index in [4.69, 9.17) is 5.14 Å². The molecule has 90 valence electrons. The average molecular weight is 252 g/mol. The Morgan fingerprint density at radius 1 is 1.29 bits per heavy atom. The number of rotatable bonds is 4. The maximum atomic E-state index is 11.2. The summed E-state index contributed by atoms with van der Waals surface area (Å²) in [6.45, 7) is 0. The van der Waals surface area contributed by atoms with Gasteiger partial charge in [0.05, 0.1) is 11.8 Å². The first-order valence-corrected chi connectivity index (χ1v) is 6.67. The molecule has 1 atom stereocenters. The molecule has 2 aromatic rings. The monoisotopic (exact) mass is 252 g/mol. The molecule has 0 spiro atoms. The van der Waals surface area contributed by atoms with Crippen molar-refractivity contribution in [3.63, 3.8) is 0 Å². The molecule has 1 unspecified atom stereocenters. The Kier molecular flexibility index (Phi) is 3.21. The first kappa shape index (κ1) is 11.7. The van der Waals surface area contributed by atoms with Crippen molar-refractivity contribution in [3.8, 4) is 0 Å². The van der Waals surface area contributed by atoms with Crippen molar-refractivity contribution in [2.24, 2.45) is 5.14 Å². The Hall–Kier alpha value is -1.73. The summed E-state index contributed by atoms with van der Waals surface area (Å²) in [6.07, 6.45) is 2.84. The van der Waals surface area contributed by atoms with Gasteiger partial charge < -0.3 is 0 Å². The van der Waals surface area contributed by atoms with Gasteiger partial charge in [0, 0.05) is 0 Å². The third kappa shape index (κ3) is 3.11. The number of nitrogens with zero attached hydrogens (tertiary/aromatic N) is 3. The van der Waals surface area contributed by atoms with E-state index in [9.17, 15) is 8.42 Å². The van der Waals surface area contributed by atoms with Crippen LogP contribution in [0.5, 0.6) is 0 Å². The van der Waals surface area contributed by atoms with Crippen LogP contribution in [0, 0.1) is 0 Å². The lowest BCUT2D eigenvalue weighted by Gasteiger charge is -2.16. The largest absolute Gasteiger partial charge is 0.244 e. The first-order valence-electron chi connectivity index (χ1n) is 4.96. The predicted molar refractivity (Wildman–Crippen MR) is 62.6 cm³/mol. The van der Waals surface area contributed by atoms with E-state index < -0.39 is 16.1 Å². The van der Waals surface area contributed by atoms with Gasteiger partial charge in [-0.05, 0) is 5.56 Å². The van der Waals surface area contributed by atoms with Gasteiger partial charge in [0.25, 0.3) is 0 Å². The highest BCUT2D eigenvalue weighted by molar-refractivity contribution is 7.89. The highest BCUT2D eigenvalue weighted by Gasteiger charge is 2.20. The van der Waals surface area contributed by atoms with Crippen LogP contribution in [0.1, 0.15) is 11.6 Å². The summed E-state index contributed by atoms with van der Waals surface area (Å²) in [5.74, 6) is -0.208. The molecule has 0 radical (unpaired) electrons. The van der Waals surface area contributed by atoms with Crippen molar-refractivity contribution < 1.29 is 8.42 Å². The summed E-state index contributed by atoms with van der Waals surface area (Å²) < 4.78 is 23.9. The second-order valence-electron chi connectivity index (χ2n) is 3.63. The van der Waals surface area contributed by atoms with Gasteiger partial charge in [0.1, 0.15) is 12.7 Å². The number of primary sulfonamides is 1. The average Bonchev–Trinajstić information content (AvgIpc) is 2.79. The minimum Gasteiger partial charge on any atom is -0.244 e.